The average Bonchev–Trinajstić information content (AvgIpc) is 1.86. The van der Waals surface area contributed by atoms with Crippen molar-refractivity contribution in [2.24, 2.45) is 0 Å². The van der Waals surface area contributed by atoms with E-state index in [1.165, 1.54) is 6.39 Å². The maximum atomic E-state index is 4.35. The smallest absolute Gasteiger partial charge is 0.213 e. The minimum absolute atomic E-state index is 0. The van der Waals surface area contributed by atoms with Crippen molar-refractivity contribution >= 4 is 12.4 Å². The average molecular weight is 121 g/mol. The molecular formula is C3H5ClN2O. The molecule has 4 heteroatoms. The van der Waals surface area contributed by atoms with Crippen LogP contribution in [0.5, 0.6) is 0 Å². The van der Waals surface area contributed by atoms with Crippen molar-refractivity contribution in [3.8, 4) is 0 Å². The third kappa shape index (κ3) is 1.55. The fourth-order valence-corrected chi connectivity index (χ4v) is 0.223. The second-order valence-corrected chi connectivity index (χ2v) is 0.978. The van der Waals surface area contributed by atoms with Gasteiger partial charge in [0.05, 0.1) is 0 Å². The number of aryl methyl sites for hydroxylation is 1. The fraction of sp³-hybridized carbons (Fsp3) is 0.333. The van der Waals surface area contributed by atoms with Crippen molar-refractivity contribution in [3.05, 3.63) is 12.2 Å². The Labute approximate surface area is 47.1 Å². The molecule has 0 unspecified atom stereocenters. The molecule has 0 aliphatic rings. The molecule has 1 rings (SSSR count). The molecule has 0 aliphatic carbocycles. The normalized spacial score (nSPS) is 7.57. The lowest BCUT2D eigenvalue weighted by Gasteiger charge is -1.60. The summed E-state index contributed by atoms with van der Waals surface area (Å²) in [6, 6.07) is 0. The van der Waals surface area contributed by atoms with Crippen LogP contribution in [0.25, 0.3) is 0 Å². The van der Waals surface area contributed by atoms with Crippen molar-refractivity contribution in [1.82, 2.24) is 10.1 Å². The van der Waals surface area contributed by atoms with Gasteiger partial charge in [0.15, 0.2) is 5.82 Å². The number of halogens is 1. The topological polar surface area (TPSA) is 38.9 Å². The van der Waals surface area contributed by atoms with E-state index in [0.717, 1.165) is 0 Å². The van der Waals surface area contributed by atoms with Gasteiger partial charge in [0.2, 0.25) is 6.39 Å². The molecule has 1 aromatic heterocycles. The summed E-state index contributed by atoms with van der Waals surface area (Å²) in [5.74, 6) is 0.676. The molecule has 0 saturated carbocycles. The van der Waals surface area contributed by atoms with E-state index < -0.39 is 0 Å². The number of nitrogens with zero attached hydrogens (tertiary/aromatic N) is 2. The van der Waals surface area contributed by atoms with Crippen LogP contribution in [0.1, 0.15) is 5.82 Å². The zero-order valence-electron chi connectivity index (χ0n) is 3.79. The summed E-state index contributed by atoms with van der Waals surface area (Å²) in [5, 5.41) is 3.43. The largest absolute Gasteiger partial charge is 0.343 e. The first-order chi connectivity index (χ1) is 2.89. The van der Waals surface area contributed by atoms with Gasteiger partial charge in [-0.25, -0.2) is 0 Å². The standard InChI is InChI=1S/C3H4N2O.ClH/c1-3-4-2-6-5-3;/h2H,1H3;1H. The highest BCUT2D eigenvalue weighted by Gasteiger charge is 1.79. The van der Waals surface area contributed by atoms with Crippen LogP contribution in [-0.2, 0) is 0 Å². The summed E-state index contributed by atoms with van der Waals surface area (Å²) in [6.45, 7) is 1.77. The Balaban J connectivity index is 0.000000360. The first-order valence-electron chi connectivity index (χ1n) is 1.62. The predicted molar refractivity (Wildman–Crippen MR) is 26.3 cm³/mol. The Kier molecular flexibility index (Phi) is 2.37. The summed E-state index contributed by atoms with van der Waals surface area (Å²) in [7, 11) is 0. The van der Waals surface area contributed by atoms with Crippen LogP contribution in [-0.4, -0.2) is 10.1 Å². The minimum atomic E-state index is 0. The molecule has 0 aromatic carbocycles. The van der Waals surface area contributed by atoms with Crippen molar-refractivity contribution in [3.63, 3.8) is 0 Å². The number of rotatable bonds is 0. The second kappa shape index (κ2) is 2.58. The van der Waals surface area contributed by atoms with Crippen molar-refractivity contribution in [1.29, 1.82) is 0 Å². The molecule has 1 heterocycles. The summed E-state index contributed by atoms with van der Waals surface area (Å²) in [6.07, 6.45) is 1.30. The van der Waals surface area contributed by atoms with Gasteiger partial charge >= 0.3 is 0 Å². The van der Waals surface area contributed by atoms with Crippen LogP contribution in [0.2, 0.25) is 0 Å². The highest BCUT2D eigenvalue weighted by molar-refractivity contribution is 5.85. The van der Waals surface area contributed by atoms with Gasteiger partial charge in [-0.15, -0.1) is 12.4 Å². The quantitative estimate of drug-likeness (QED) is 0.508. The third-order valence-corrected chi connectivity index (χ3v) is 0.471. The zero-order valence-corrected chi connectivity index (χ0v) is 4.60. The Morgan fingerprint density at radius 1 is 1.71 bits per heavy atom. The zero-order chi connectivity index (χ0) is 4.41. The molecule has 40 valence electrons. The molecule has 0 bridgehead atoms. The van der Waals surface area contributed by atoms with Gasteiger partial charge in [0, 0.05) is 0 Å². The van der Waals surface area contributed by atoms with Gasteiger partial charge in [-0.2, -0.15) is 4.98 Å². The third-order valence-electron chi connectivity index (χ3n) is 0.471. The summed E-state index contributed by atoms with van der Waals surface area (Å²) >= 11 is 0. The second-order valence-electron chi connectivity index (χ2n) is 0.978. The molecule has 0 amide bonds. The van der Waals surface area contributed by atoms with Gasteiger partial charge in [-0.05, 0) is 6.92 Å². The molecule has 0 radical (unpaired) electrons. The van der Waals surface area contributed by atoms with Crippen molar-refractivity contribution in [2.45, 2.75) is 6.92 Å². The van der Waals surface area contributed by atoms with Crippen LogP contribution < -0.4 is 0 Å². The van der Waals surface area contributed by atoms with E-state index >= 15 is 0 Å². The first-order valence-corrected chi connectivity index (χ1v) is 1.62. The molecule has 0 spiro atoms. The molecule has 0 N–H and O–H groups in total. The van der Waals surface area contributed by atoms with Crippen molar-refractivity contribution < 1.29 is 4.52 Å². The lowest BCUT2D eigenvalue weighted by Crippen LogP contribution is -1.66. The highest BCUT2D eigenvalue weighted by atomic mass is 35.5. The summed E-state index contributed by atoms with van der Waals surface area (Å²) < 4.78 is 4.35. The van der Waals surface area contributed by atoms with Crippen LogP contribution in [0.15, 0.2) is 10.9 Å². The summed E-state index contributed by atoms with van der Waals surface area (Å²) in [4.78, 5) is 3.64. The van der Waals surface area contributed by atoms with E-state index in [-0.39, 0.29) is 12.4 Å². The van der Waals surface area contributed by atoms with Crippen molar-refractivity contribution in [2.75, 3.05) is 0 Å². The van der Waals surface area contributed by atoms with Gasteiger partial charge in [0.1, 0.15) is 0 Å². The van der Waals surface area contributed by atoms with Gasteiger partial charge in [-0.3, -0.25) is 0 Å². The SMILES string of the molecule is Cc1ncon1.Cl. The van der Waals surface area contributed by atoms with Gasteiger partial charge in [-0.1, -0.05) is 5.16 Å². The first kappa shape index (κ1) is 6.43. The fourth-order valence-electron chi connectivity index (χ4n) is 0.223. The highest BCUT2D eigenvalue weighted by Crippen LogP contribution is 1.78. The maximum Gasteiger partial charge on any atom is 0.213 e. The number of hydrogen-bond donors (Lipinski definition) is 0. The lowest BCUT2D eigenvalue weighted by molar-refractivity contribution is 0.412. The van der Waals surface area contributed by atoms with E-state index in [0.29, 0.717) is 5.82 Å². The Hall–Kier alpha value is -0.570. The lowest BCUT2D eigenvalue weighted by atomic mass is 10.8. The molecule has 1 aromatic rings. The van der Waals surface area contributed by atoms with Crippen LogP contribution >= 0.6 is 12.4 Å². The predicted octanol–water partition coefficient (Wildman–Crippen LogP) is 0.800. The molecular weight excluding hydrogens is 115 g/mol. The van der Waals surface area contributed by atoms with Crippen LogP contribution in [0, 0.1) is 6.92 Å². The summed E-state index contributed by atoms with van der Waals surface area (Å²) in [5.41, 5.74) is 0. The van der Waals surface area contributed by atoms with E-state index in [2.05, 4.69) is 14.7 Å². The molecule has 0 fully saturated rings. The molecule has 7 heavy (non-hydrogen) atoms. The molecule has 3 nitrogen and oxygen atoms in total. The van der Waals surface area contributed by atoms with Crippen LogP contribution in [0.3, 0.4) is 0 Å². The minimum Gasteiger partial charge on any atom is -0.343 e. The molecule has 0 aliphatic heterocycles. The van der Waals surface area contributed by atoms with Crippen LogP contribution in [0.4, 0.5) is 0 Å². The Bertz CT molecular complexity index is 116. The van der Waals surface area contributed by atoms with Gasteiger partial charge < -0.3 is 4.52 Å². The maximum absolute atomic E-state index is 4.35. The van der Waals surface area contributed by atoms with E-state index in [4.69, 9.17) is 0 Å². The van der Waals surface area contributed by atoms with E-state index in [1.807, 2.05) is 0 Å². The molecule has 0 saturated heterocycles. The monoisotopic (exact) mass is 120 g/mol. The van der Waals surface area contributed by atoms with Gasteiger partial charge in [0.25, 0.3) is 0 Å². The van der Waals surface area contributed by atoms with E-state index in [9.17, 15) is 0 Å². The van der Waals surface area contributed by atoms with E-state index in [1.54, 1.807) is 6.92 Å². The number of aromatic nitrogens is 2. The molecule has 0 atom stereocenters. The Morgan fingerprint density at radius 3 is 2.57 bits per heavy atom. The Morgan fingerprint density at radius 2 is 2.43 bits per heavy atom. The number of hydrogen-bond acceptors (Lipinski definition) is 3.